The highest BCUT2D eigenvalue weighted by atomic mass is 19.1. The first-order valence-corrected chi connectivity index (χ1v) is 42.1. The highest BCUT2D eigenvalue weighted by Crippen LogP contribution is 2.36. The summed E-state index contributed by atoms with van der Waals surface area (Å²) >= 11 is 0. The first-order chi connectivity index (χ1) is 60.2. The summed E-state index contributed by atoms with van der Waals surface area (Å²) in [6, 6.07) is 63.4. The summed E-state index contributed by atoms with van der Waals surface area (Å²) in [6.07, 6.45) is 4.40. The molecule has 7 aliphatic rings. The van der Waals surface area contributed by atoms with Crippen LogP contribution in [0.25, 0.3) is 112 Å². The lowest BCUT2D eigenvalue weighted by Gasteiger charge is -2.26. The molecule has 624 valence electrons. The number of imidazole rings is 5. The largest absolute Gasteiger partial charge is 0.379 e. The van der Waals surface area contributed by atoms with Gasteiger partial charge in [-0.05, 0) is 141 Å². The molecule has 15 aromatic rings. The fourth-order valence-electron chi connectivity index (χ4n) is 17.5. The third kappa shape index (κ3) is 16.6. The van der Waals surface area contributed by atoms with E-state index in [0.717, 1.165) is 185 Å². The lowest BCUT2D eigenvalue weighted by molar-refractivity contribution is 0.0342. The SMILES string of the molecule is CN(C)c1cc(-c2nc3cccc4c3n2CCNC4=O)ccn1.CNCc1ccc(-c2nc3cccc4c3n2CCNC4=O)cc1.CNCc1cccc(-c2nc3cc(F)cc4c3n2CCNC4=O)c1.O=C1NCCn2c(-c3ccc(CN4CCOCC4)cc3)nc3cccc1c32.O=C1NCCn2c(-c3cccc(CN4CCCC4)c3)nc3cccc1c32. The van der Waals surface area contributed by atoms with Crippen molar-refractivity contribution >= 4 is 90.5 Å². The van der Waals surface area contributed by atoms with Crippen molar-refractivity contribution in [3.05, 3.63) is 256 Å². The van der Waals surface area contributed by atoms with E-state index in [4.69, 9.17) is 24.7 Å². The number of carbonyl (C=O) groups excluding carboxylic acids is 5. The van der Waals surface area contributed by atoms with Gasteiger partial charge in [0.2, 0.25) is 0 Å². The zero-order valence-corrected chi connectivity index (χ0v) is 69.2. The third-order valence-electron chi connectivity index (χ3n) is 23.3. The van der Waals surface area contributed by atoms with Gasteiger partial charge in [0.05, 0.1) is 96.2 Å². The molecule has 7 N–H and O–H groups in total. The van der Waals surface area contributed by atoms with E-state index in [9.17, 15) is 28.4 Å². The Morgan fingerprint density at radius 2 is 0.715 bits per heavy atom. The number of para-hydroxylation sites is 4. The number of carbonyl (C=O) groups is 5. The van der Waals surface area contributed by atoms with Crippen molar-refractivity contribution in [1.29, 1.82) is 0 Å². The van der Waals surface area contributed by atoms with Gasteiger partial charge in [-0.15, -0.1) is 0 Å². The standard InChI is InChI=1S/C21H22N4O2.C21H22N4O.C18H17FN4O.C18H18N4O.C17H17N5O/c26-21-17-2-1-3-18-19(17)25(9-8-22-21)20(23-18)16-6-4-15(5-7-16)14-24-10-12-27-13-11-24;26-21-17-7-4-8-18-19(17)25(12-9-22-21)20(23-18)16-6-3-5-15(13-16)14-24-10-1-2-11-24;1-20-10-11-3-2-4-12(7-11)17-22-15-9-13(19)8-14-16(15)23(17)6-5-21-18(14)24;1-19-11-12-5-7-13(8-6-12)17-21-15-4-2-3-14-16(15)22(17)10-9-20-18(14)23;1-21(2)14-10-11(6-7-18-14)16-20-13-5-3-4-12-15(13)22(16)9-8-19-17(12)23/h1-7H,8-14H2,(H,22,26);3-8,13H,1-2,9-12,14H2,(H,22,26);2-4,7-9,20H,5-6,10H2,1H3,(H,21,24);2-8,19H,9-11H2,1H3,(H,20,23);3-7,10H,8-9H2,1-2H3,(H,19,23). The Morgan fingerprint density at radius 1 is 0.358 bits per heavy atom. The minimum absolute atomic E-state index is 0.0106. The molecule has 0 saturated carbocycles. The molecule has 0 unspecified atom stereocenters. The van der Waals surface area contributed by atoms with Crippen LogP contribution in [0.3, 0.4) is 0 Å². The number of hydrogen-bond acceptors (Lipinski definition) is 17. The number of ether oxygens (including phenoxy) is 1. The number of anilines is 1. The number of rotatable bonds is 14. The van der Waals surface area contributed by atoms with Crippen LogP contribution >= 0.6 is 0 Å². The van der Waals surface area contributed by atoms with Crippen LogP contribution in [0, 0.1) is 5.82 Å². The normalized spacial score (nSPS) is 15.4. The maximum absolute atomic E-state index is 13.9. The van der Waals surface area contributed by atoms with Gasteiger partial charge < -0.3 is 69.7 Å². The zero-order valence-electron chi connectivity index (χ0n) is 69.2. The average Bonchev–Trinajstić information content (AvgIpc) is 1.72. The quantitative estimate of drug-likeness (QED) is 0.0532. The van der Waals surface area contributed by atoms with Crippen molar-refractivity contribution in [3.63, 3.8) is 0 Å². The van der Waals surface area contributed by atoms with Crippen molar-refractivity contribution < 1.29 is 33.1 Å². The smallest absolute Gasteiger partial charge is 0.253 e. The molecule has 0 aliphatic carbocycles. The van der Waals surface area contributed by atoms with E-state index >= 15 is 0 Å². The van der Waals surface area contributed by atoms with Gasteiger partial charge in [-0.3, -0.25) is 33.8 Å². The Labute approximate surface area is 709 Å². The number of likely N-dealkylation sites (tertiary alicyclic amines) is 1. The van der Waals surface area contributed by atoms with Gasteiger partial charge >= 0.3 is 0 Å². The Morgan fingerprint density at radius 3 is 1.15 bits per heavy atom. The minimum Gasteiger partial charge on any atom is -0.379 e. The fourth-order valence-corrected chi connectivity index (χ4v) is 17.5. The Balaban J connectivity index is 0.000000105. The highest BCUT2D eigenvalue weighted by Gasteiger charge is 2.29. The molecule has 13 heterocycles. The first-order valence-electron chi connectivity index (χ1n) is 42.1. The van der Waals surface area contributed by atoms with Crippen LogP contribution in [0.2, 0.25) is 0 Å². The maximum atomic E-state index is 13.9. The third-order valence-corrected chi connectivity index (χ3v) is 23.3. The van der Waals surface area contributed by atoms with Crippen molar-refractivity contribution in [1.82, 2.24) is 99.8 Å². The number of amides is 5. The molecule has 123 heavy (non-hydrogen) atoms. The Hall–Kier alpha value is -13.6. The van der Waals surface area contributed by atoms with Crippen LogP contribution < -0.4 is 42.1 Å². The van der Waals surface area contributed by atoms with Crippen LogP contribution in [0.5, 0.6) is 0 Å². The molecule has 7 aliphatic heterocycles. The van der Waals surface area contributed by atoms with Crippen LogP contribution in [0.1, 0.15) is 86.9 Å². The molecule has 2 saturated heterocycles. The van der Waals surface area contributed by atoms with Crippen molar-refractivity contribution in [2.75, 3.05) is 105 Å². The molecule has 5 amide bonds. The van der Waals surface area contributed by atoms with E-state index < -0.39 is 5.82 Å². The van der Waals surface area contributed by atoms with Crippen LogP contribution in [-0.2, 0) is 63.6 Å². The molecular weight excluding hydrogens is 1550 g/mol. The van der Waals surface area contributed by atoms with Gasteiger partial charge in [0.15, 0.2) is 0 Å². The van der Waals surface area contributed by atoms with Crippen molar-refractivity contribution in [3.8, 4) is 56.9 Å². The summed E-state index contributed by atoms with van der Waals surface area (Å²) in [6.45, 7) is 16.0. The number of morpholine rings is 1. The molecule has 2 fully saturated rings. The van der Waals surface area contributed by atoms with Gasteiger partial charge in [-0.25, -0.2) is 34.3 Å². The number of hydrogen-bond donors (Lipinski definition) is 7. The van der Waals surface area contributed by atoms with Crippen LogP contribution in [0.15, 0.2) is 200 Å². The van der Waals surface area contributed by atoms with E-state index in [1.165, 1.54) is 54.8 Å². The summed E-state index contributed by atoms with van der Waals surface area (Å²) in [4.78, 5) is 96.4. The van der Waals surface area contributed by atoms with Crippen LogP contribution in [0.4, 0.5) is 10.2 Å². The zero-order chi connectivity index (χ0) is 84.2. The second-order valence-electron chi connectivity index (χ2n) is 31.8. The monoisotopic (exact) mass is 1650 g/mol. The molecule has 28 heteroatoms. The predicted molar refractivity (Wildman–Crippen MR) is 476 cm³/mol. The molecule has 22 rings (SSSR count). The number of aromatic nitrogens is 11. The molecule has 9 aromatic carbocycles. The van der Waals surface area contributed by atoms with Crippen LogP contribution in [-0.4, -0.2) is 192 Å². The summed E-state index contributed by atoms with van der Waals surface area (Å²) in [7, 11) is 7.76. The lowest BCUT2D eigenvalue weighted by Crippen LogP contribution is -2.35. The van der Waals surface area contributed by atoms with E-state index in [1.807, 2.05) is 141 Å². The van der Waals surface area contributed by atoms with Gasteiger partial charge in [-0.1, -0.05) is 109 Å². The molecule has 27 nitrogen and oxygen atoms in total. The Kier molecular flexibility index (Phi) is 23.3. The first kappa shape index (κ1) is 80.4. The summed E-state index contributed by atoms with van der Waals surface area (Å²) in [5.41, 5.74) is 21.8. The minimum atomic E-state index is -0.449. The lowest BCUT2D eigenvalue weighted by atomic mass is 10.1. The fraction of sp³-hybridized carbons (Fsp3) is 0.274. The Bertz CT molecular complexity index is 6530. The van der Waals surface area contributed by atoms with Crippen molar-refractivity contribution in [2.45, 2.75) is 71.7 Å². The van der Waals surface area contributed by atoms with Gasteiger partial charge in [0, 0.05) is 159 Å². The number of nitrogens with zero attached hydrogens (tertiary/aromatic N) is 14. The summed E-state index contributed by atoms with van der Waals surface area (Å²) in [5.74, 6) is 4.50. The van der Waals surface area contributed by atoms with Crippen molar-refractivity contribution in [2.24, 2.45) is 0 Å². The molecule has 0 bridgehead atoms. The number of benzene rings is 9. The molecule has 0 radical (unpaired) electrons. The van der Waals surface area contributed by atoms with E-state index in [2.05, 4.69) is 154 Å². The van der Waals surface area contributed by atoms with E-state index in [0.29, 0.717) is 84.7 Å². The molecule has 0 spiro atoms. The second kappa shape index (κ2) is 35.6. The average molecular weight is 1650 g/mol. The van der Waals surface area contributed by atoms with Gasteiger partial charge in [-0.2, -0.15) is 0 Å². The summed E-state index contributed by atoms with van der Waals surface area (Å²) < 4.78 is 29.9. The van der Waals surface area contributed by atoms with Gasteiger partial charge in [0.1, 0.15) is 40.8 Å². The molecule has 0 atom stereocenters. The summed E-state index contributed by atoms with van der Waals surface area (Å²) in [5, 5.41) is 20.9. The highest BCUT2D eigenvalue weighted by molar-refractivity contribution is 6.10. The second-order valence-corrected chi connectivity index (χ2v) is 31.8. The number of pyridine rings is 1. The van der Waals surface area contributed by atoms with Gasteiger partial charge in [0.25, 0.3) is 29.5 Å². The number of halogens is 1. The maximum Gasteiger partial charge on any atom is 0.253 e. The topological polar surface area (TPSA) is 290 Å². The van der Waals surface area contributed by atoms with E-state index in [1.54, 1.807) is 6.20 Å². The number of nitrogens with one attached hydrogen (secondary N) is 7. The molecular formula is C95H96FN21O6. The van der Waals surface area contributed by atoms with E-state index in [-0.39, 0.29) is 29.5 Å². The predicted octanol–water partition coefficient (Wildman–Crippen LogP) is 11.7. The molecule has 6 aromatic heterocycles.